The highest BCUT2D eigenvalue weighted by Crippen LogP contribution is 2.25. The molecule has 0 aliphatic heterocycles. The maximum atomic E-state index is 12.2. The Hall–Kier alpha value is -1.44. The first kappa shape index (κ1) is 15.9. The number of hydrogen-bond donors (Lipinski definition) is 3. The molecule has 0 spiro atoms. The molecule has 1 aromatic rings. The normalized spacial score (nSPS) is 22.8. The lowest BCUT2D eigenvalue weighted by molar-refractivity contribution is -0.120. The van der Waals surface area contributed by atoms with E-state index in [2.05, 4.69) is 10.0 Å². The summed E-state index contributed by atoms with van der Waals surface area (Å²) in [4.78, 5) is 12.3. The molecule has 7 heteroatoms. The number of carbonyl (C=O) groups is 1. The third-order valence-corrected chi connectivity index (χ3v) is 5.24. The molecular formula is C14H21N3O3S. The van der Waals surface area contributed by atoms with Gasteiger partial charge in [-0.25, -0.2) is 13.1 Å². The highest BCUT2D eigenvalue weighted by molar-refractivity contribution is 7.89. The molecule has 0 saturated heterocycles. The molecule has 1 amide bonds. The van der Waals surface area contributed by atoms with Gasteiger partial charge in [-0.05, 0) is 50.9 Å². The van der Waals surface area contributed by atoms with E-state index in [0.29, 0.717) is 5.69 Å². The van der Waals surface area contributed by atoms with Gasteiger partial charge in [0.2, 0.25) is 15.9 Å². The number of benzene rings is 1. The lowest BCUT2D eigenvalue weighted by atomic mass is 9.86. The van der Waals surface area contributed by atoms with Gasteiger partial charge in [0.25, 0.3) is 0 Å². The number of carbonyl (C=O) groups excluding carboxylic acids is 1. The molecule has 0 bridgehead atoms. The summed E-state index contributed by atoms with van der Waals surface area (Å²) >= 11 is 0. The minimum Gasteiger partial charge on any atom is -0.328 e. The van der Waals surface area contributed by atoms with E-state index in [0.717, 1.165) is 25.7 Å². The zero-order valence-electron chi connectivity index (χ0n) is 12.0. The monoisotopic (exact) mass is 311 g/mol. The Kier molecular flexibility index (Phi) is 4.97. The number of sulfonamides is 1. The zero-order chi connectivity index (χ0) is 15.5. The Labute approximate surface area is 125 Å². The number of hydrogen-bond acceptors (Lipinski definition) is 4. The van der Waals surface area contributed by atoms with Crippen molar-refractivity contribution < 1.29 is 13.2 Å². The minimum absolute atomic E-state index is 0.0469. The standard InChI is InChI=1S/C14H21N3O3S/c1-16-21(19,20)13-4-2-3-12(9-13)17-14(18)10-5-7-11(15)8-6-10/h2-4,9-11,16H,5-8,15H2,1H3,(H,17,18). The molecule has 0 atom stereocenters. The minimum atomic E-state index is -3.51. The predicted molar refractivity (Wildman–Crippen MR) is 81.3 cm³/mol. The van der Waals surface area contributed by atoms with Crippen molar-refractivity contribution in [2.75, 3.05) is 12.4 Å². The number of nitrogens with one attached hydrogen (secondary N) is 2. The topological polar surface area (TPSA) is 101 Å². The molecule has 0 unspecified atom stereocenters. The molecule has 1 aliphatic rings. The summed E-state index contributed by atoms with van der Waals surface area (Å²) in [5.41, 5.74) is 6.32. The molecule has 0 aromatic heterocycles. The summed E-state index contributed by atoms with van der Waals surface area (Å²) in [6.45, 7) is 0. The molecule has 1 saturated carbocycles. The van der Waals surface area contributed by atoms with Crippen molar-refractivity contribution in [2.24, 2.45) is 11.7 Å². The van der Waals surface area contributed by atoms with Crippen molar-refractivity contribution >= 4 is 21.6 Å². The fourth-order valence-electron chi connectivity index (χ4n) is 2.48. The molecule has 0 radical (unpaired) electrons. The van der Waals surface area contributed by atoms with E-state index in [1.54, 1.807) is 12.1 Å². The second-order valence-electron chi connectivity index (χ2n) is 5.34. The van der Waals surface area contributed by atoms with Crippen LogP contribution in [-0.2, 0) is 14.8 Å². The molecule has 1 aliphatic carbocycles. The molecule has 1 aromatic carbocycles. The molecule has 0 heterocycles. The summed E-state index contributed by atoms with van der Waals surface area (Å²) in [7, 11) is -2.15. The summed E-state index contributed by atoms with van der Waals surface area (Å²) in [5.74, 6) is -0.115. The molecule has 6 nitrogen and oxygen atoms in total. The molecule has 1 fully saturated rings. The van der Waals surface area contributed by atoms with E-state index in [-0.39, 0.29) is 22.8 Å². The van der Waals surface area contributed by atoms with E-state index in [9.17, 15) is 13.2 Å². The number of nitrogens with two attached hydrogens (primary N) is 1. The quantitative estimate of drug-likeness (QED) is 0.773. The molecule has 2 rings (SSSR count). The van der Waals surface area contributed by atoms with Crippen molar-refractivity contribution in [3.8, 4) is 0 Å². The van der Waals surface area contributed by atoms with Crippen LogP contribution in [0.3, 0.4) is 0 Å². The predicted octanol–water partition coefficient (Wildman–Crippen LogP) is 1.05. The van der Waals surface area contributed by atoms with Crippen molar-refractivity contribution in [2.45, 2.75) is 36.6 Å². The van der Waals surface area contributed by atoms with Gasteiger partial charge in [-0.2, -0.15) is 0 Å². The van der Waals surface area contributed by atoms with E-state index in [1.807, 2.05) is 0 Å². The van der Waals surface area contributed by atoms with Crippen LogP contribution in [0.15, 0.2) is 29.2 Å². The van der Waals surface area contributed by atoms with Crippen molar-refractivity contribution in [3.63, 3.8) is 0 Å². The second kappa shape index (κ2) is 6.55. The first-order chi connectivity index (χ1) is 9.92. The third-order valence-electron chi connectivity index (χ3n) is 3.82. The molecule has 116 valence electrons. The van der Waals surface area contributed by atoms with E-state index >= 15 is 0 Å². The maximum Gasteiger partial charge on any atom is 0.240 e. The van der Waals surface area contributed by atoms with Crippen molar-refractivity contribution in [3.05, 3.63) is 24.3 Å². The van der Waals surface area contributed by atoms with Gasteiger partial charge in [-0.1, -0.05) is 6.07 Å². The number of anilines is 1. The van der Waals surface area contributed by atoms with E-state index in [4.69, 9.17) is 5.73 Å². The highest BCUT2D eigenvalue weighted by Gasteiger charge is 2.24. The van der Waals surface area contributed by atoms with Crippen LogP contribution in [0.2, 0.25) is 0 Å². The summed E-state index contributed by atoms with van der Waals surface area (Å²) < 4.78 is 25.7. The summed E-state index contributed by atoms with van der Waals surface area (Å²) in [5, 5.41) is 2.79. The molecular weight excluding hydrogens is 290 g/mol. The largest absolute Gasteiger partial charge is 0.328 e. The summed E-state index contributed by atoms with van der Waals surface area (Å²) in [6.07, 6.45) is 3.27. The van der Waals surface area contributed by atoms with Crippen LogP contribution >= 0.6 is 0 Å². The Morgan fingerprint density at radius 2 is 1.90 bits per heavy atom. The third kappa shape index (κ3) is 4.03. The van der Waals surface area contributed by atoms with Gasteiger partial charge in [-0.15, -0.1) is 0 Å². The van der Waals surface area contributed by atoms with Crippen LogP contribution in [0.4, 0.5) is 5.69 Å². The molecule has 4 N–H and O–H groups in total. The average molecular weight is 311 g/mol. The number of amides is 1. The van der Waals surface area contributed by atoms with Gasteiger partial charge in [0.05, 0.1) is 4.90 Å². The van der Waals surface area contributed by atoms with Gasteiger partial charge < -0.3 is 11.1 Å². The van der Waals surface area contributed by atoms with E-state index < -0.39 is 10.0 Å². The average Bonchev–Trinajstić information content (AvgIpc) is 2.48. The number of rotatable bonds is 4. The van der Waals surface area contributed by atoms with Crippen LogP contribution in [0, 0.1) is 5.92 Å². The van der Waals surface area contributed by atoms with Gasteiger partial charge in [0, 0.05) is 17.6 Å². The van der Waals surface area contributed by atoms with Crippen LogP contribution < -0.4 is 15.8 Å². The lowest BCUT2D eigenvalue weighted by Crippen LogP contribution is -2.32. The fourth-order valence-corrected chi connectivity index (χ4v) is 3.26. The highest BCUT2D eigenvalue weighted by atomic mass is 32.2. The van der Waals surface area contributed by atoms with Gasteiger partial charge in [0.15, 0.2) is 0 Å². The van der Waals surface area contributed by atoms with Gasteiger partial charge in [0.1, 0.15) is 0 Å². The van der Waals surface area contributed by atoms with Crippen molar-refractivity contribution in [1.82, 2.24) is 4.72 Å². The smallest absolute Gasteiger partial charge is 0.240 e. The summed E-state index contributed by atoms with van der Waals surface area (Å²) in [6, 6.07) is 6.43. The first-order valence-electron chi connectivity index (χ1n) is 7.02. The van der Waals surface area contributed by atoms with Gasteiger partial charge >= 0.3 is 0 Å². The second-order valence-corrected chi connectivity index (χ2v) is 7.22. The van der Waals surface area contributed by atoms with Crippen LogP contribution in [0.1, 0.15) is 25.7 Å². The van der Waals surface area contributed by atoms with Crippen molar-refractivity contribution in [1.29, 1.82) is 0 Å². The maximum absolute atomic E-state index is 12.2. The first-order valence-corrected chi connectivity index (χ1v) is 8.51. The fraction of sp³-hybridized carbons (Fsp3) is 0.500. The Morgan fingerprint density at radius 3 is 2.52 bits per heavy atom. The Balaban J connectivity index is 2.06. The van der Waals surface area contributed by atoms with Crippen LogP contribution in [0.5, 0.6) is 0 Å². The van der Waals surface area contributed by atoms with E-state index in [1.165, 1.54) is 19.2 Å². The zero-order valence-corrected chi connectivity index (χ0v) is 12.8. The lowest BCUT2D eigenvalue weighted by Gasteiger charge is -2.25. The molecule has 21 heavy (non-hydrogen) atoms. The Bertz CT molecular complexity index is 608. The van der Waals surface area contributed by atoms with Crippen LogP contribution in [0.25, 0.3) is 0 Å². The van der Waals surface area contributed by atoms with Crippen LogP contribution in [-0.4, -0.2) is 27.4 Å². The van der Waals surface area contributed by atoms with Gasteiger partial charge in [-0.3, -0.25) is 4.79 Å². The SMILES string of the molecule is CNS(=O)(=O)c1cccc(NC(=O)C2CCC(N)CC2)c1. The Morgan fingerprint density at radius 1 is 1.24 bits per heavy atom.